The molecule has 25 heavy (non-hydrogen) atoms. The quantitative estimate of drug-likeness (QED) is 0.400. The molecule has 1 aliphatic carbocycles. The Morgan fingerprint density at radius 2 is 1.96 bits per heavy atom. The summed E-state index contributed by atoms with van der Waals surface area (Å²) in [5.74, 6) is 1.32. The van der Waals surface area contributed by atoms with E-state index in [-0.39, 0.29) is 24.0 Å². The molecule has 1 aliphatic rings. The van der Waals surface area contributed by atoms with Crippen molar-refractivity contribution in [3.63, 3.8) is 0 Å². The molecule has 0 saturated heterocycles. The van der Waals surface area contributed by atoms with Crippen LogP contribution in [0.3, 0.4) is 0 Å². The van der Waals surface area contributed by atoms with Gasteiger partial charge < -0.3 is 15.8 Å². The van der Waals surface area contributed by atoms with Crippen molar-refractivity contribution in [1.82, 2.24) is 0 Å². The number of nitrogens with one attached hydrogen (secondary N) is 1. The highest BCUT2D eigenvalue weighted by molar-refractivity contribution is 14.0. The summed E-state index contributed by atoms with van der Waals surface area (Å²) in [6, 6.07) is 14.4. The third kappa shape index (κ3) is 5.36. The Morgan fingerprint density at radius 1 is 1.16 bits per heavy atom. The lowest BCUT2D eigenvalue weighted by Gasteiger charge is -2.19. The molecule has 2 aromatic rings. The molecule has 0 amide bonds. The van der Waals surface area contributed by atoms with Crippen LogP contribution in [-0.2, 0) is 19.4 Å². The van der Waals surface area contributed by atoms with Crippen molar-refractivity contribution < 1.29 is 4.74 Å². The monoisotopic (exact) mass is 451 g/mol. The number of hydrogen-bond acceptors (Lipinski definition) is 2. The molecule has 5 heteroatoms. The Labute approximate surface area is 166 Å². The highest BCUT2D eigenvalue weighted by Crippen LogP contribution is 2.27. The number of nitrogens with zero attached hydrogens (tertiary/aromatic N) is 1. The van der Waals surface area contributed by atoms with E-state index in [2.05, 4.69) is 28.5 Å². The van der Waals surface area contributed by atoms with Gasteiger partial charge in [-0.1, -0.05) is 24.3 Å². The number of guanidine groups is 1. The van der Waals surface area contributed by atoms with Gasteiger partial charge in [0, 0.05) is 5.69 Å². The lowest BCUT2D eigenvalue weighted by atomic mass is 9.90. The molecule has 3 N–H and O–H groups in total. The molecule has 134 valence electrons. The number of rotatable bonds is 5. The van der Waals surface area contributed by atoms with Crippen LogP contribution in [0, 0.1) is 0 Å². The van der Waals surface area contributed by atoms with Crippen LogP contribution in [-0.4, -0.2) is 12.6 Å². The van der Waals surface area contributed by atoms with E-state index < -0.39 is 0 Å². The Bertz CT molecular complexity index is 731. The van der Waals surface area contributed by atoms with Crippen molar-refractivity contribution in [3.05, 3.63) is 59.2 Å². The molecule has 0 unspecified atom stereocenters. The lowest BCUT2D eigenvalue weighted by molar-refractivity contribution is 0.340. The number of ether oxygens (including phenoxy) is 1. The van der Waals surface area contributed by atoms with Crippen LogP contribution in [0.15, 0.2) is 47.5 Å². The van der Waals surface area contributed by atoms with Gasteiger partial charge in [-0.3, -0.25) is 0 Å². The summed E-state index contributed by atoms with van der Waals surface area (Å²) in [4.78, 5) is 4.47. The lowest BCUT2D eigenvalue weighted by Crippen LogP contribution is -2.24. The number of aryl methyl sites for hydroxylation is 1. The van der Waals surface area contributed by atoms with Crippen molar-refractivity contribution >= 4 is 35.6 Å². The normalized spacial score (nSPS) is 13.6. The second-order valence-electron chi connectivity index (χ2n) is 6.06. The van der Waals surface area contributed by atoms with E-state index >= 15 is 0 Å². The molecule has 0 saturated carbocycles. The first-order valence-corrected chi connectivity index (χ1v) is 8.65. The van der Waals surface area contributed by atoms with Gasteiger partial charge in [0.2, 0.25) is 0 Å². The van der Waals surface area contributed by atoms with E-state index in [0.29, 0.717) is 19.1 Å². The van der Waals surface area contributed by atoms with Gasteiger partial charge in [-0.25, -0.2) is 4.99 Å². The molecule has 0 fully saturated rings. The van der Waals surface area contributed by atoms with Crippen LogP contribution in [0.1, 0.15) is 36.5 Å². The van der Waals surface area contributed by atoms with Crippen LogP contribution in [0.2, 0.25) is 0 Å². The Hall–Kier alpha value is -1.76. The van der Waals surface area contributed by atoms with Crippen molar-refractivity contribution in [2.45, 2.75) is 39.2 Å². The van der Waals surface area contributed by atoms with Gasteiger partial charge in [0.1, 0.15) is 5.75 Å². The third-order valence-corrected chi connectivity index (χ3v) is 4.30. The van der Waals surface area contributed by atoms with Crippen LogP contribution >= 0.6 is 24.0 Å². The predicted octanol–water partition coefficient (Wildman–Crippen LogP) is 4.51. The first-order valence-electron chi connectivity index (χ1n) is 8.65. The number of benzene rings is 2. The topological polar surface area (TPSA) is 59.6 Å². The van der Waals surface area contributed by atoms with E-state index in [0.717, 1.165) is 29.8 Å². The maximum atomic E-state index is 6.09. The van der Waals surface area contributed by atoms with Gasteiger partial charge in [0.25, 0.3) is 0 Å². The Kier molecular flexibility index (Phi) is 7.55. The molecular formula is C20H26IN3O. The molecule has 0 bridgehead atoms. The second kappa shape index (κ2) is 9.65. The number of hydrogen-bond donors (Lipinski definition) is 2. The fourth-order valence-electron chi connectivity index (χ4n) is 3.15. The summed E-state index contributed by atoms with van der Waals surface area (Å²) < 4.78 is 5.52. The molecular weight excluding hydrogens is 425 g/mol. The summed E-state index contributed by atoms with van der Waals surface area (Å²) in [7, 11) is 0. The fourth-order valence-corrected chi connectivity index (χ4v) is 3.15. The van der Waals surface area contributed by atoms with Crippen LogP contribution < -0.4 is 15.8 Å². The minimum Gasteiger partial charge on any atom is -0.494 e. The maximum Gasteiger partial charge on any atom is 0.193 e. The molecule has 0 radical (unpaired) electrons. The first kappa shape index (κ1) is 19.6. The van der Waals surface area contributed by atoms with E-state index in [1.807, 2.05) is 31.2 Å². The highest BCUT2D eigenvalue weighted by atomic mass is 127. The summed E-state index contributed by atoms with van der Waals surface area (Å²) in [5, 5.41) is 3.28. The summed E-state index contributed by atoms with van der Waals surface area (Å²) in [6.07, 6.45) is 4.79. The molecule has 0 aromatic heterocycles. The standard InChI is InChI=1S/C20H25N3O.HI/c1-2-24-17-10-5-7-15(13-17)14-22-20(21)23-19-12-6-9-16-8-3-4-11-18(16)19;/h5-7,9-10,12-13H,2-4,8,11,14H2,1H3,(H3,21,22,23);1H. The molecule has 3 rings (SSSR count). The van der Waals surface area contributed by atoms with Gasteiger partial charge in [-0.05, 0) is 67.5 Å². The number of fused-ring (bicyclic) bond motifs is 1. The SMILES string of the molecule is CCOc1cccc(CN=C(N)Nc2cccc3c2CCCC3)c1.I. The Balaban J connectivity index is 0.00000225. The van der Waals surface area contributed by atoms with Gasteiger partial charge in [-0.2, -0.15) is 0 Å². The summed E-state index contributed by atoms with van der Waals surface area (Å²) in [6.45, 7) is 3.18. The number of anilines is 1. The van der Waals surface area contributed by atoms with E-state index in [4.69, 9.17) is 10.5 Å². The minimum absolute atomic E-state index is 0. The summed E-state index contributed by atoms with van der Waals surface area (Å²) >= 11 is 0. The second-order valence-corrected chi connectivity index (χ2v) is 6.06. The smallest absolute Gasteiger partial charge is 0.193 e. The van der Waals surface area contributed by atoms with E-state index in [9.17, 15) is 0 Å². The maximum absolute atomic E-state index is 6.09. The van der Waals surface area contributed by atoms with Crippen LogP contribution in [0.5, 0.6) is 5.75 Å². The van der Waals surface area contributed by atoms with Gasteiger partial charge >= 0.3 is 0 Å². The summed E-state index contributed by atoms with van der Waals surface area (Å²) in [5.41, 5.74) is 11.1. The molecule has 2 aromatic carbocycles. The van der Waals surface area contributed by atoms with Crippen molar-refractivity contribution in [3.8, 4) is 5.75 Å². The predicted molar refractivity (Wildman–Crippen MR) is 115 cm³/mol. The van der Waals surface area contributed by atoms with Gasteiger partial charge in [0.15, 0.2) is 5.96 Å². The van der Waals surface area contributed by atoms with Gasteiger partial charge in [-0.15, -0.1) is 24.0 Å². The minimum atomic E-state index is 0. The van der Waals surface area contributed by atoms with Crippen molar-refractivity contribution in [2.75, 3.05) is 11.9 Å². The average Bonchev–Trinajstić information content (AvgIpc) is 2.61. The van der Waals surface area contributed by atoms with E-state index in [1.54, 1.807) is 0 Å². The zero-order valence-electron chi connectivity index (χ0n) is 14.6. The zero-order chi connectivity index (χ0) is 16.8. The first-order chi connectivity index (χ1) is 11.8. The van der Waals surface area contributed by atoms with Crippen LogP contribution in [0.25, 0.3) is 0 Å². The zero-order valence-corrected chi connectivity index (χ0v) is 17.0. The largest absolute Gasteiger partial charge is 0.494 e. The number of halogens is 1. The van der Waals surface area contributed by atoms with Crippen molar-refractivity contribution in [1.29, 1.82) is 0 Å². The van der Waals surface area contributed by atoms with Crippen molar-refractivity contribution in [2.24, 2.45) is 10.7 Å². The van der Waals surface area contributed by atoms with Crippen LogP contribution in [0.4, 0.5) is 5.69 Å². The molecule has 0 spiro atoms. The average molecular weight is 451 g/mol. The molecule has 0 atom stereocenters. The third-order valence-electron chi connectivity index (χ3n) is 4.30. The van der Waals surface area contributed by atoms with Gasteiger partial charge in [0.05, 0.1) is 13.2 Å². The molecule has 4 nitrogen and oxygen atoms in total. The highest BCUT2D eigenvalue weighted by Gasteiger charge is 2.13. The Morgan fingerprint density at radius 3 is 2.80 bits per heavy atom. The fraction of sp³-hybridized carbons (Fsp3) is 0.350. The molecule has 0 heterocycles. The molecule has 0 aliphatic heterocycles. The number of nitrogens with two attached hydrogens (primary N) is 1. The number of aliphatic imine (C=N–C) groups is 1. The van der Waals surface area contributed by atoms with E-state index in [1.165, 1.54) is 24.0 Å².